The van der Waals surface area contributed by atoms with E-state index >= 15 is 0 Å². The normalized spacial score (nSPS) is 13.9. The van der Waals surface area contributed by atoms with Crippen LogP contribution in [0.2, 0.25) is 0 Å². The average molecular weight is 556 g/mol. The molecular formula is C31H29N3O5S. The summed E-state index contributed by atoms with van der Waals surface area (Å²) in [4.78, 5) is 28.8. The molecule has 40 heavy (non-hydrogen) atoms. The highest BCUT2D eigenvalue weighted by Gasteiger charge is 2.40. The van der Waals surface area contributed by atoms with Gasteiger partial charge in [0.25, 0.3) is 5.91 Å². The first-order valence-corrected chi connectivity index (χ1v) is 13.2. The summed E-state index contributed by atoms with van der Waals surface area (Å²) in [7, 11) is 1.29. The van der Waals surface area contributed by atoms with Crippen molar-refractivity contribution in [1.29, 1.82) is 5.26 Å². The Labute approximate surface area is 239 Å². The Morgan fingerprint density at radius 2 is 1.77 bits per heavy atom. The maximum absolute atomic E-state index is 13.6. The van der Waals surface area contributed by atoms with Crippen molar-refractivity contribution in [3.05, 3.63) is 94.7 Å². The molecule has 1 saturated heterocycles. The highest BCUT2D eigenvalue weighted by molar-refractivity contribution is 7.80. The molecule has 0 bridgehead atoms. The van der Waals surface area contributed by atoms with Crippen molar-refractivity contribution in [3.8, 4) is 17.6 Å². The van der Waals surface area contributed by atoms with E-state index in [2.05, 4.69) is 13.0 Å². The van der Waals surface area contributed by atoms with Crippen LogP contribution in [0.25, 0.3) is 6.08 Å². The van der Waals surface area contributed by atoms with Crippen molar-refractivity contribution in [2.75, 3.05) is 25.2 Å². The molecule has 1 amide bonds. The first-order valence-electron chi connectivity index (χ1n) is 12.8. The summed E-state index contributed by atoms with van der Waals surface area (Å²) in [5.41, 5.74) is 3.92. The Hall–Kier alpha value is -4.68. The minimum Gasteiger partial charge on any atom is -0.490 e. The van der Waals surface area contributed by atoms with Crippen LogP contribution >= 0.6 is 12.2 Å². The SMILES string of the molecule is CCOc1cc(/C=C2/C(=O)N(c3ccc(CC)cc3)C(=S)N2CC(=O)OC)ccc1OCc1ccccc1C#N. The van der Waals surface area contributed by atoms with E-state index < -0.39 is 5.97 Å². The number of anilines is 1. The van der Waals surface area contributed by atoms with E-state index in [1.165, 1.54) is 16.9 Å². The van der Waals surface area contributed by atoms with Crippen molar-refractivity contribution in [3.63, 3.8) is 0 Å². The molecule has 0 N–H and O–H groups in total. The van der Waals surface area contributed by atoms with Gasteiger partial charge in [-0.1, -0.05) is 43.3 Å². The van der Waals surface area contributed by atoms with E-state index in [-0.39, 0.29) is 29.9 Å². The molecule has 1 fully saturated rings. The first kappa shape index (κ1) is 28.3. The third kappa shape index (κ3) is 6.14. The Morgan fingerprint density at radius 3 is 2.45 bits per heavy atom. The van der Waals surface area contributed by atoms with Gasteiger partial charge in [0.1, 0.15) is 18.8 Å². The van der Waals surface area contributed by atoms with Crippen molar-refractivity contribution in [2.45, 2.75) is 26.9 Å². The summed E-state index contributed by atoms with van der Waals surface area (Å²) in [6, 6.07) is 22.3. The molecular weight excluding hydrogens is 526 g/mol. The fourth-order valence-electron chi connectivity index (χ4n) is 4.21. The lowest BCUT2D eigenvalue weighted by Gasteiger charge is -2.19. The summed E-state index contributed by atoms with van der Waals surface area (Å²) in [6.07, 6.45) is 2.53. The van der Waals surface area contributed by atoms with Gasteiger partial charge < -0.3 is 19.1 Å². The highest BCUT2D eigenvalue weighted by Crippen LogP contribution is 2.33. The molecule has 0 aliphatic carbocycles. The number of hydrogen-bond acceptors (Lipinski definition) is 7. The predicted molar refractivity (Wildman–Crippen MR) is 156 cm³/mol. The number of amides is 1. The number of nitriles is 1. The molecule has 1 aliphatic rings. The molecule has 204 valence electrons. The molecule has 0 unspecified atom stereocenters. The van der Waals surface area contributed by atoms with Gasteiger partial charge >= 0.3 is 5.97 Å². The Morgan fingerprint density at radius 1 is 1.02 bits per heavy atom. The summed E-state index contributed by atoms with van der Waals surface area (Å²) < 4.78 is 16.7. The van der Waals surface area contributed by atoms with Gasteiger partial charge in [-0.3, -0.25) is 14.5 Å². The fourth-order valence-corrected chi connectivity index (χ4v) is 4.56. The number of nitrogens with zero attached hydrogens (tertiary/aromatic N) is 3. The average Bonchev–Trinajstić information content (AvgIpc) is 3.20. The van der Waals surface area contributed by atoms with Crippen LogP contribution in [0.4, 0.5) is 5.69 Å². The molecule has 0 aromatic heterocycles. The second kappa shape index (κ2) is 12.9. The van der Waals surface area contributed by atoms with Gasteiger partial charge in [0.15, 0.2) is 16.6 Å². The van der Waals surface area contributed by atoms with Crippen LogP contribution in [0.1, 0.15) is 36.1 Å². The van der Waals surface area contributed by atoms with Crippen LogP contribution in [0.3, 0.4) is 0 Å². The fraction of sp³-hybridized carbons (Fsp3) is 0.226. The molecule has 1 heterocycles. The monoisotopic (exact) mass is 555 g/mol. The standard InChI is InChI=1S/C31H29N3O5S/c1-4-21-10-13-25(14-11-21)34-30(36)26(33(31(34)40)19-29(35)37-3)16-22-12-15-27(28(17-22)38-5-2)39-20-24-9-7-6-8-23(24)18-32/h6-17H,4-5,19-20H2,1-3H3/b26-16-. The van der Waals surface area contributed by atoms with Crippen molar-refractivity contribution in [1.82, 2.24) is 4.90 Å². The summed E-state index contributed by atoms with van der Waals surface area (Å²) >= 11 is 5.65. The van der Waals surface area contributed by atoms with Gasteiger partial charge in [-0.05, 0) is 73.1 Å². The Bertz CT molecular complexity index is 1490. The first-order chi connectivity index (χ1) is 19.4. The van der Waals surface area contributed by atoms with Gasteiger partial charge in [-0.15, -0.1) is 0 Å². The van der Waals surface area contributed by atoms with E-state index in [9.17, 15) is 14.9 Å². The largest absolute Gasteiger partial charge is 0.490 e. The molecule has 0 radical (unpaired) electrons. The zero-order valence-corrected chi connectivity index (χ0v) is 23.4. The maximum atomic E-state index is 13.6. The third-order valence-corrected chi connectivity index (χ3v) is 6.75. The second-order valence-electron chi connectivity index (χ2n) is 8.83. The number of benzene rings is 3. The molecule has 4 rings (SSSR count). The van der Waals surface area contributed by atoms with Crippen LogP contribution in [0.5, 0.6) is 11.5 Å². The number of methoxy groups -OCH3 is 1. The molecule has 8 nitrogen and oxygen atoms in total. The van der Waals surface area contributed by atoms with Gasteiger partial charge in [-0.25, -0.2) is 0 Å². The quantitative estimate of drug-likeness (QED) is 0.190. The lowest BCUT2D eigenvalue weighted by molar-refractivity contribution is -0.140. The van der Waals surface area contributed by atoms with Crippen LogP contribution in [-0.4, -0.2) is 42.2 Å². The molecule has 3 aromatic rings. The Balaban J connectivity index is 1.67. The topological polar surface area (TPSA) is 92.1 Å². The van der Waals surface area contributed by atoms with Gasteiger partial charge in [0, 0.05) is 5.56 Å². The predicted octanol–water partition coefficient (Wildman–Crippen LogP) is 5.25. The van der Waals surface area contributed by atoms with E-state index in [0.29, 0.717) is 34.9 Å². The number of thiocarbonyl (C=S) groups is 1. The van der Waals surface area contributed by atoms with Crippen molar-refractivity contribution in [2.24, 2.45) is 0 Å². The van der Waals surface area contributed by atoms with Crippen molar-refractivity contribution < 1.29 is 23.8 Å². The molecule has 0 saturated carbocycles. The number of carbonyl (C=O) groups excluding carboxylic acids is 2. The van der Waals surface area contributed by atoms with Crippen LogP contribution in [-0.2, 0) is 27.4 Å². The number of aryl methyl sites for hydroxylation is 1. The molecule has 3 aromatic carbocycles. The smallest absolute Gasteiger partial charge is 0.325 e. The third-order valence-electron chi connectivity index (χ3n) is 6.34. The number of rotatable bonds is 10. The molecule has 0 spiro atoms. The van der Waals surface area contributed by atoms with E-state index in [0.717, 1.165) is 17.5 Å². The summed E-state index contributed by atoms with van der Waals surface area (Å²) in [6.45, 7) is 4.28. The lowest BCUT2D eigenvalue weighted by atomic mass is 10.1. The number of hydrogen-bond donors (Lipinski definition) is 0. The summed E-state index contributed by atoms with van der Waals surface area (Å²) in [5.74, 6) is 0.0880. The highest BCUT2D eigenvalue weighted by atomic mass is 32.1. The minimum atomic E-state index is -0.527. The van der Waals surface area contributed by atoms with Gasteiger partial charge in [-0.2, -0.15) is 5.26 Å². The van der Waals surface area contributed by atoms with Crippen LogP contribution in [0, 0.1) is 11.3 Å². The summed E-state index contributed by atoms with van der Waals surface area (Å²) in [5, 5.41) is 9.55. The van der Waals surface area contributed by atoms with E-state index in [1.807, 2.05) is 43.3 Å². The zero-order chi connectivity index (χ0) is 28.6. The number of esters is 1. The molecule has 0 atom stereocenters. The van der Waals surface area contributed by atoms with E-state index in [4.69, 9.17) is 26.4 Å². The van der Waals surface area contributed by atoms with E-state index in [1.54, 1.807) is 36.4 Å². The zero-order valence-electron chi connectivity index (χ0n) is 22.5. The van der Waals surface area contributed by atoms with Crippen LogP contribution < -0.4 is 14.4 Å². The lowest BCUT2D eigenvalue weighted by Crippen LogP contribution is -2.35. The van der Waals surface area contributed by atoms with Gasteiger partial charge in [0.05, 0.1) is 31.0 Å². The second-order valence-corrected chi connectivity index (χ2v) is 9.20. The maximum Gasteiger partial charge on any atom is 0.325 e. The minimum absolute atomic E-state index is 0.187. The molecule has 1 aliphatic heterocycles. The Kier molecular flexibility index (Phi) is 9.15. The molecule has 9 heteroatoms. The van der Waals surface area contributed by atoms with Gasteiger partial charge in [0.2, 0.25) is 0 Å². The number of ether oxygens (including phenoxy) is 3. The number of carbonyl (C=O) groups is 2. The van der Waals surface area contributed by atoms with Crippen molar-refractivity contribution >= 4 is 41.0 Å². The van der Waals surface area contributed by atoms with Crippen LogP contribution in [0.15, 0.2) is 72.4 Å².